The molecular formula is C11H24N4S. The molecule has 0 aliphatic heterocycles. The highest BCUT2D eigenvalue weighted by atomic mass is 32.2. The van der Waals surface area contributed by atoms with Crippen LogP contribution < -0.4 is 16.6 Å². The van der Waals surface area contributed by atoms with Crippen LogP contribution in [0.4, 0.5) is 0 Å². The number of rotatable bonds is 4. The normalized spacial score (nSPS) is 26.2. The zero-order chi connectivity index (χ0) is 12.0. The van der Waals surface area contributed by atoms with E-state index in [9.17, 15) is 0 Å². The highest BCUT2D eigenvalue weighted by Crippen LogP contribution is 2.31. The van der Waals surface area contributed by atoms with Gasteiger partial charge in [-0.15, -0.1) is 0 Å². The summed E-state index contributed by atoms with van der Waals surface area (Å²) in [7, 11) is 0. The molecule has 0 heterocycles. The fourth-order valence-electron chi connectivity index (χ4n) is 1.99. The molecule has 2 atom stereocenters. The van der Waals surface area contributed by atoms with Crippen LogP contribution in [-0.4, -0.2) is 29.0 Å². The summed E-state index contributed by atoms with van der Waals surface area (Å²) in [5.74, 6) is 7.37. The maximum Gasteiger partial charge on any atom is 0.206 e. The second-order valence-corrected chi connectivity index (χ2v) is 6.04. The van der Waals surface area contributed by atoms with Crippen LogP contribution in [-0.2, 0) is 0 Å². The van der Waals surface area contributed by atoms with E-state index in [0.29, 0.717) is 12.1 Å². The molecule has 0 saturated heterocycles. The first-order valence-electron chi connectivity index (χ1n) is 6.08. The highest BCUT2D eigenvalue weighted by molar-refractivity contribution is 7.99. The van der Waals surface area contributed by atoms with Gasteiger partial charge >= 0.3 is 0 Å². The Labute approximate surface area is 103 Å². The van der Waals surface area contributed by atoms with E-state index >= 15 is 0 Å². The molecule has 0 bridgehead atoms. The third kappa shape index (κ3) is 4.61. The molecule has 0 aromatic carbocycles. The van der Waals surface area contributed by atoms with E-state index in [1.807, 2.05) is 11.8 Å². The van der Waals surface area contributed by atoms with Gasteiger partial charge in [-0.3, -0.25) is 5.43 Å². The lowest BCUT2D eigenvalue weighted by molar-refractivity contribution is 0.661. The number of thioether (sulfide) groups is 1. The fraction of sp³-hybridized carbons (Fsp3) is 0.909. The Kier molecular flexibility index (Phi) is 5.98. The summed E-state index contributed by atoms with van der Waals surface area (Å²) < 4.78 is 0. The Bertz CT molecular complexity index is 230. The van der Waals surface area contributed by atoms with E-state index in [4.69, 9.17) is 5.84 Å². The van der Waals surface area contributed by atoms with Crippen LogP contribution in [0.25, 0.3) is 0 Å². The topological polar surface area (TPSA) is 62.4 Å². The number of hydrogen-bond acceptors (Lipinski definition) is 3. The van der Waals surface area contributed by atoms with E-state index in [0.717, 1.165) is 11.2 Å². The van der Waals surface area contributed by atoms with Crippen molar-refractivity contribution in [2.45, 2.75) is 57.4 Å². The summed E-state index contributed by atoms with van der Waals surface area (Å²) in [6.07, 6.45) is 3.65. The maximum absolute atomic E-state index is 5.44. The number of hydrogen-bond donors (Lipinski definition) is 3. The van der Waals surface area contributed by atoms with E-state index in [1.165, 1.54) is 25.0 Å². The van der Waals surface area contributed by atoms with Gasteiger partial charge in [0, 0.05) is 11.3 Å². The van der Waals surface area contributed by atoms with Crippen molar-refractivity contribution in [2.24, 2.45) is 10.8 Å². The Hall–Kier alpha value is -0.420. The molecule has 94 valence electrons. The van der Waals surface area contributed by atoms with Crippen molar-refractivity contribution < 1.29 is 0 Å². The highest BCUT2D eigenvalue weighted by Gasteiger charge is 2.24. The first kappa shape index (κ1) is 13.6. The molecule has 0 aromatic heterocycles. The summed E-state index contributed by atoms with van der Waals surface area (Å²) >= 11 is 2.05. The molecular weight excluding hydrogens is 220 g/mol. The third-order valence-corrected chi connectivity index (χ3v) is 3.87. The van der Waals surface area contributed by atoms with Gasteiger partial charge in [0.25, 0.3) is 0 Å². The first-order chi connectivity index (χ1) is 7.65. The quantitative estimate of drug-likeness (QED) is 0.303. The van der Waals surface area contributed by atoms with E-state index in [1.54, 1.807) is 0 Å². The molecule has 2 unspecified atom stereocenters. The standard InChI is InChI=1S/C11H24N4S/c1-4-16-10-6-5-9(7-10)14-11(15-12)13-8(2)3/h8-10H,4-7,12H2,1-3H3,(H2,13,14,15). The molecule has 4 nitrogen and oxygen atoms in total. The predicted molar refractivity (Wildman–Crippen MR) is 72.6 cm³/mol. The molecule has 16 heavy (non-hydrogen) atoms. The van der Waals surface area contributed by atoms with Gasteiger partial charge < -0.3 is 5.32 Å². The van der Waals surface area contributed by atoms with Crippen molar-refractivity contribution >= 4 is 17.7 Å². The molecule has 1 aliphatic rings. The lowest BCUT2D eigenvalue weighted by atomic mass is 10.3. The van der Waals surface area contributed by atoms with Crippen molar-refractivity contribution in [2.75, 3.05) is 5.75 Å². The van der Waals surface area contributed by atoms with Gasteiger partial charge in [0.05, 0.1) is 6.04 Å². The number of hydrazine groups is 1. The number of aliphatic imine (C=N–C) groups is 1. The molecule has 1 saturated carbocycles. The van der Waals surface area contributed by atoms with E-state index in [2.05, 4.69) is 36.5 Å². The van der Waals surface area contributed by atoms with Gasteiger partial charge in [0.15, 0.2) is 0 Å². The molecule has 0 spiro atoms. The maximum atomic E-state index is 5.44. The second kappa shape index (κ2) is 7.01. The average Bonchev–Trinajstić information content (AvgIpc) is 2.64. The van der Waals surface area contributed by atoms with Crippen molar-refractivity contribution in [1.82, 2.24) is 10.7 Å². The molecule has 0 aromatic rings. The summed E-state index contributed by atoms with van der Waals surface area (Å²) in [6, 6.07) is 0.790. The van der Waals surface area contributed by atoms with E-state index in [-0.39, 0.29) is 0 Å². The Morgan fingerprint density at radius 3 is 2.81 bits per heavy atom. The molecule has 0 radical (unpaired) electrons. The second-order valence-electron chi connectivity index (χ2n) is 4.47. The lowest BCUT2D eigenvalue weighted by Crippen LogP contribution is -2.45. The SMILES string of the molecule is CCSC1CCC(N=C(NN)NC(C)C)C1. The van der Waals surface area contributed by atoms with Gasteiger partial charge in [0.1, 0.15) is 0 Å². The summed E-state index contributed by atoms with van der Waals surface area (Å²) in [6.45, 7) is 6.38. The smallest absolute Gasteiger partial charge is 0.206 e. The monoisotopic (exact) mass is 244 g/mol. The first-order valence-corrected chi connectivity index (χ1v) is 7.13. The zero-order valence-corrected chi connectivity index (χ0v) is 11.3. The zero-order valence-electron chi connectivity index (χ0n) is 10.5. The van der Waals surface area contributed by atoms with Gasteiger partial charge in [-0.25, -0.2) is 10.8 Å². The van der Waals surface area contributed by atoms with E-state index < -0.39 is 0 Å². The Morgan fingerprint density at radius 2 is 2.25 bits per heavy atom. The molecule has 1 rings (SSSR count). The number of nitrogens with two attached hydrogens (primary N) is 1. The minimum Gasteiger partial charge on any atom is -0.353 e. The third-order valence-electron chi connectivity index (χ3n) is 2.63. The van der Waals surface area contributed by atoms with Gasteiger partial charge in [-0.05, 0) is 38.9 Å². The minimum atomic E-state index is 0.358. The van der Waals surface area contributed by atoms with Crippen LogP contribution >= 0.6 is 11.8 Å². The van der Waals surface area contributed by atoms with Crippen LogP contribution in [0.15, 0.2) is 4.99 Å². The van der Waals surface area contributed by atoms with Gasteiger partial charge in [-0.2, -0.15) is 11.8 Å². The molecule has 0 amide bonds. The molecule has 1 fully saturated rings. The van der Waals surface area contributed by atoms with Crippen LogP contribution in [0.3, 0.4) is 0 Å². The van der Waals surface area contributed by atoms with Gasteiger partial charge in [-0.1, -0.05) is 6.92 Å². The van der Waals surface area contributed by atoms with Crippen molar-refractivity contribution in [3.8, 4) is 0 Å². The largest absolute Gasteiger partial charge is 0.353 e. The van der Waals surface area contributed by atoms with Crippen LogP contribution in [0.2, 0.25) is 0 Å². The molecule has 1 aliphatic carbocycles. The molecule has 5 heteroatoms. The summed E-state index contributed by atoms with van der Waals surface area (Å²) in [5, 5.41) is 4.00. The van der Waals surface area contributed by atoms with Crippen molar-refractivity contribution in [1.29, 1.82) is 0 Å². The minimum absolute atomic E-state index is 0.358. The van der Waals surface area contributed by atoms with Crippen LogP contribution in [0, 0.1) is 0 Å². The number of nitrogens with zero attached hydrogens (tertiary/aromatic N) is 1. The van der Waals surface area contributed by atoms with Crippen LogP contribution in [0.5, 0.6) is 0 Å². The average molecular weight is 244 g/mol. The number of nitrogens with one attached hydrogen (secondary N) is 2. The van der Waals surface area contributed by atoms with Crippen molar-refractivity contribution in [3.63, 3.8) is 0 Å². The summed E-state index contributed by atoms with van der Waals surface area (Å²) in [4.78, 5) is 4.62. The fourth-order valence-corrected chi connectivity index (χ4v) is 3.13. The Morgan fingerprint density at radius 1 is 1.50 bits per heavy atom. The number of guanidine groups is 1. The Balaban J connectivity index is 2.42. The lowest BCUT2D eigenvalue weighted by Gasteiger charge is -2.14. The van der Waals surface area contributed by atoms with Gasteiger partial charge in [0.2, 0.25) is 5.96 Å². The molecule has 4 N–H and O–H groups in total. The van der Waals surface area contributed by atoms with Crippen molar-refractivity contribution in [3.05, 3.63) is 0 Å². The predicted octanol–water partition coefficient (Wildman–Crippen LogP) is 1.48. The summed E-state index contributed by atoms with van der Waals surface area (Å²) in [5.41, 5.74) is 2.64. The van der Waals surface area contributed by atoms with Crippen LogP contribution in [0.1, 0.15) is 40.0 Å².